The van der Waals surface area contributed by atoms with Crippen molar-refractivity contribution < 1.29 is 0 Å². The van der Waals surface area contributed by atoms with E-state index in [-0.39, 0.29) is 12.3 Å². The Labute approximate surface area is 177 Å². The van der Waals surface area contributed by atoms with Crippen LogP contribution in [0.15, 0.2) is 49.1 Å². The van der Waals surface area contributed by atoms with E-state index >= 15 is 0 Å². The van der Waals surface area contributed by atoms with Crippen LogP contribution in [-0.4, -0.2) is 29.9 Å². The Bertz CT molecular complexity index is 1350. The first-order chi connectivity index (χ1) is 15.1. The van der Waals surface area contributed by atoms with Crippen LogP contribution < -0.4 is 5.73 Å². The molecular formula is C22H17N9. The molecule has 9 nitrogen and oxygen atoms in total. The van der Waals surface area contributed by atoms with E-state index in [9.17, 15) is 10.5 Å². The Morgan fingerprint density at radius 1 is 1.10 bits per heavy atom. The minimum absolute atomic E-state index is 0.0692. The summed E-state index contributed by atoms with van der Waals surface area (Å²) in [6.07, 6.45) is 7.99. The van der Waals surface area contributed by atoms with Gasteiger partial charge in [-0.25, -0.2) is 4.98 Å². The first-order valence-electron chi connectivity index (χ1n) is 9.78. The summed E-state index contributed by atoms with van der Waals surface area (Å²) in [5.74, 6) is 0.282. The molecule has 0 radical (unpaired) electrons. The van der Waals surface area contributed by atoms with Crippen LogP contribution in [0.4, 0.5) is 5.82 Å². The molecule has 31 heavy (non-hydrogen) atoms. The number of benzene rings is 1. The molecule has 1 aliphatic rings. The van der Waals surface area contributed by atoms with Crippen LogP contribution in [0.5, 0.6) is 0 Å². The molecule has 0 spiro atoms. The SMILES string of the molecule is N#CCC1(n2ncc(-c3cc(-c4cnc(N)cn4)cc4ncccc34)n2)CC(C#N)C1. The maximum Gasteiger partial charge on any atom is 0.141 e. The number of rotatable bonds is 4. The Morgan fingerprint density at radius 3 is 2.71 bits per heavy atom. The van der Waals surface area contributed by atoms with E-state index < -0.39 is 5.54 Å². The molecule has 0 amide bonds. The van der Waals surface area contributed by atoms with Gasteiger partial charge in [-0.05, 0) is 31.0 Å². The predicted octanol–water partition coefficient (Wildman–Crippen LogP) is 3.08. The van der Waals surface area contributed by atoms with Crippen LogP contribution in [0.2, 0.25) is 0 Å². The topological polar surface area (TPSA) is 143 Å². The Kier molecular flexibility index (Phi) is 4.30. The van der Waals surface area contributed by atoms with Crippen LogP contribution >= 0.6 is 0 Å². The molecule has 1 saturated carbocycles. The van der Waals surface area contributed by atoms with Crippen LogP contribution in [0.25, 0.3) is 33.4 Å². The van der Waals surface area contributed by atoms with Crippen LogP contribution in [0.3, 0.4) is 0 Å². The molecule has 3 heterocycles. The third kappa shape index (κ3) is 3.13. The first kappa shape index (κ1) is 18.6. The van der Waals surface area contributed by atoms with Gasteiger partial charge < -0.3 is 5.73 Å². The van der Waals surface area contributed by atoms with E-state index in [4.69, 9.17) is 10.8 Å². The van der Waals surface area contributed by atoms with Crippen molar-refractivity contribution in [1.82, 2.24) is 29.9 Å². The lowest BCUT2D eigenvalue weighted by Gasteiger charge is -2.42. The number of fused-ring (bicyclic) bond motifs is 1. The van der Waals surface area contributed by atoms with Gasteiger partial charge in [0.25, 0.3) is 0 Å². The van der Waals surface area contributed by atoms with Crippen LogP contribution in [0, 0.1) is 28.6 Å². The van der Waals surface area contributed by atoms with Crippen molar-refractivity contribution >= 4 is 16.7 Å². The Morgan fingerprint density at radius 2 is 1.97 bits per heavy atom. The number of nitrogen functional groups attached to an aromatic ring is 1. The fraction of sp³-hybridized carbons (Fsp3) is 0.227. The molecule has 3 aromatic heterocycles. The highest BCUT2D eigenvalue weighted by atomic mass is 15.5. The number of hydrogen-bond donors (Lipinski definition) is 1. The number of nitrogens with zero attached hydrogens (tertiary/aromatic N) is 8. The zero-order chi connectivity index (χ0) is 21.4. The average molecular weight is 407 g/mol. The third-order valence-electron chi connectivity index (χ3n) is 5.72. The zero-order valence-electron chi connectivity index (χ0n) is 16.5. The van der Waals surface area contributed by atoms with Gasteiger partial charge in [-0.3, -0.25) is 9.97 Å². The number of pyridine rings is 1. The predicted molar refractivity (Wildman–Crippen MR) is 113 cm³/mol. The maximum atomic E-state index is 9.30. The van der Waals surface area contributed by atoms with Crippen LogP contribution in [0.1, 0.15) is 19.3 Å². The highest BCUT2D eigenvalue weighted by molar-refractivity contribution is 5.96. The molecule has 1 fully saturated rings. The van der Waals surface area contributed by atoms with Gasteiger partial charge in [0.15, 0.2) is 0 Å². The van der Waals surface area contributed by atoms with Crippen LogP contribution in [-0.2, 0) is 5.54 Å². The van der Waals surface area contributed by atoms with Crippen molar-refractivity contribution in [3.05, 3.63) is 49.1 Å². The van der Waals surface area contributed by atoms with Crippen molar-refractivity contribution in [2.24, 2.45) is 5.92 Å². The Hall–Kier alpha value is -4.37. The molecule has 150 valence electrons. The molecule has 0 aliphatic heterocycles. The summed E-state index contributed by atoms with van der Waals surface area (Å²) in [5, 5.41) is 28.6. The molecule has 1 aliphatic carbocycles. The van der Waals surface area contributed by atoms with Crippen molar-refractivity contribution in [3.63, 3.8) is 0 Å². The van der Waals surface area contributed by atoms with Gasteiger partial charge >= 0.3 is 0 Å². The lowest BCUT2D eigenvalue weighted by atomic mass is 9.68. The van der Waals surface area contributed by atoms with E-state index in [1.807, 2.05) is 24.3 Å². The maximum absolute atomic E-state index is 9.30. The molecular weight excluding hydrogens is 390 g/mol. The smallest absolute Gasteiger partial charge is 0.141 e. The fourth-order valence-corrected chi connectivity index (χ4v) is 4.12. The summed E-state index contributed by atoms with van der Waals surface area (Å²) in [6.45, 7) is 0. The van der Waals surface area contributed by atoms with E-state index in [1.165, 1.54) is 6.20 Å². The van der Waals surface area contributed by atoms with E-state index in [0.717, 1.165) is 22.0 Å². The monoisotopic (exact) mass is 407 g/mol. The highest BCUT2D eigenvalue weighted by Gasteiger charge is 2.48. The summed E-state index contributed by atoms with van der Waals surface area (Å²) in [4.78, 5) is 14.6. The zero-order valence-corrected chi connectivity index (χ0v) is 16.5. The van der Waals surface area contributed by atoms with Gasteiger partial charge in [-0.2, -0.15) is 25.5 Å². The minimum Gasteiger partial charge on any atom is -0.382 e. The Balaban J connectivity index is 1.62. The van der Waals surface area contributed by atoms with Gasteiger partial charge in [0.2, 0.25) is 0 Å². The van der Waals surface area contributed by atoms with Crippen molar-refractivity contribution in [2.75, 3.05) is 5.73 Å². The van der Waals surface area contributed by atoms with Gasteiger partial charge in [-0.1, -0.05) is 6.07 Å². The molecule has 0 atom stereocenters. The number of nitriles is 2. The molecule has 0 unspecified atom stereocenters. The number of hydrogen-bond acceptors (Lipinski definition) is 8. The second-order valence-corrected chi connectivity index (χ2v) is 7.73. The molecule has 2 N–H and O–H groups in total. The summed E-state index contributed by atoms with van der Waals surface area (Å²) in [7, 11) is 0. The van der Waals surface area contributed by atoms with Gasteiger partial charge in [0.05, 0.1) is 59.8 Å². The molecule has 1 aromatic carbocycles. The fourth-order valence-electron chi connectivity index (χ4n) is 4.12. The summed E-state index contributed by atoms with van der Waals surface area (Å²) < 4.78 is 0. The van der Waals surface area contributed by atoms with Crippen molar-refractivity contribution in [2.45, 2.75) is 24.8 Å². The normalized spacial score (nSPS) is 20.0. The minimum atomic E-state index is -0.526. The summed E-state index contributed by atoms with van der Waals surface area (Å²) >= 11 is 0. The van der Waals surface area contributed by atoms with Gasteiger partial charge in [0.1, 0.15) is 11.5 Å². The first-order valence-corrected chi connectivity index (χ1v) is 9.78. The molecule has 0 bridgehead atoms. The van der Waals surface area contributed by atoms with E-state index in [0.29, 0.717) is 30.0 Å². The van der Waals surface area contributed by atoms with E-state index in [1.54, 1.807) is 23.4 Å². The summed E-state index contributed by atoms with van der Waals surface area (Å²) in [5.41, 5.74) is 8.97. The lowest BCUT2D eigenvalue weighted by molar-refractivity contribution is 0.0713. The molecule has 5 rings (SSSR count). The molecule has 0 saturated heterocycles. The number of anilines is 1. The lowest BCUT2D eigenvalue weighted by Crippen LogP contribution is -2.47. The standard InChI is InChI=1S/C22H17N9/c23-4-3-22(8-14(9-22)10-24)31-29-12-20(30-31)17-6-15(19-11-28-21(25)13-27-19)7-18-16(17)2-1-5-26-18/h1-2,5-7,11-14H,3,8-9H2,(H2,25,28). The number of nitrogens with two attached hydrogens (primary N) is 1. The molecule has 9 heteroatoms. The van der Waals surface area contributed by atoms with Gasteiger partial charge in [-0.15, -0.1) is 0 Å². The quantitative estimate of drug-likeness (QED) is 0.543. The largest absolute Gasteiger partial charge is 0.382 e. The second-order valence-electron chi connectivity index (χ2n) is 7.73. The summed E-state index contributed by atoms with van der Waals surface area (Å²) in [6, 6.07) is 12.3. The van der Waals surface area contributed by atoms with Crippen molar-refractivity contribution in [3.8, 4) is 34.7 Å². The van der Waals surface area contributed by atoms with Crippen molar-refractivity contribution in [1.29, 1.82) is 10.5 Å². The molecule has 4 aromatic rings. The van der Waals surface area contributed by atoms with Gasteiger partial charge in [0, 0.05) is 22.7 Å². The third-order valence-corrected chi connectivity index (χ3v) is 5.72. The van der Waals surface area contributed by atoms with E-state index in [2.05, 4.69) is 32.2 Å². The second kappa shape index (κ2) is 7.15. The highest BCUT2D eigenvalue weighted by Crippen LogP contribution is 2.45. The number of aromatic nitrogens is 6. The average Bonchev–Trinajstić information content (AvgIpc) is 3.26.